The van der Waals surface area contributed by atoms with Gasteiger partial charge >= 0.3 is 0 Å². The molecule has 0 atom stereocenters. The average Bonchev–Trinajstić information content (AvgIpc) is 3.29. The smallest absolute Gasteiger partial charge is 0.237 e. The number of hydrogen-bond donors (Lipinski definition) is 1. The lowest BCUT2D eigenvalue weighted by Gasteiger charge is -2.15. The summed E-state index contributed by atoms with van der Waals surface area (Å²) < 4.78 is 6.78. The molecule has 7 nitrogen and oxygen atoms in total. The van der Waals surface area contributed by atoms with E-state index in [-0.39, 0.29) is 0 Å². The summed E-state index contributed by atoms with van der Waals surface area (Å²) in [4.78, 5) is 8.38. The highest BCUT2D eigenvalue weighted by molar-refractivity contribution is 6.31. The summed E-state index contributed by atoms with van der Waals surface area (Å²) >= 11 is 5.94. The molecule has 2 aromatic rings. The second kappa shape index (κ2) is 5.70. The summed E-state index contributed by atoms with van der Waals surface area (Å²) in [6.45, 7) is 3.64. The molecule has 0 aromatic carbocycles. The van der Waals surface area contributed by atoms with Gasteiger partial charge in [0, 0.05) is 5.92 Å². The summed E-state index contributed by atoms with van der Waals surface area (Å²) in [7, 11) is 1.50. The minimum atomic E-state index is -0.720. The number of methoxy groups -OCH3 is 1. The van der Waals surface area contributed by atoms with Crippen molar-refractivity contribution in [1.29, 1.82) is 5.26 Å². The quantitative estimate of drug-likeness (QED) is 0.904. The predicted molar refractivity (Wildman–Crippen MR) is 86.0 cm³/mol. The summed E-state index contributed by atoms with van der Waals surface area (Å²) in [5.41, 5.74) is 1.02. The molecule has 0 bridgehead atoms. The molecule has 0 aliphatic heterocycles. The maximum absolute atomic E-state index is 9.30. The van der Waals surface area contributed by atoms with E-state index in [0.717, 1.165) is 24.2 Å². The van der Waals surface area contributed by atoms with Crippen molar-refractivity contribution in [1.82, 2.24) is 19.7 Å². The number of nitrogens with one attached hydrogen (secondary N) is 1. The predicted octanol–water partition coefficient (Wildman–Crippen LogP) is 3.21. The van der Waals surface area contributed by atoms with Crippen molar-refractivity contribution in [2.75, 3.05) is 12.4 Å². The Morgan fingerprint density at radius 3 is 2.83 bits per heavy atom. The fourth-order valence-electron chi connectivity index (χ4n) is 2.15. The van der Waals surface area contributed by atoms with Crippen LogP contribution in [-0.4, -0.2) is 26.9 Å². The monoisotopic (exact) mass is 332 g/mol. The molecule has 0 spiro atoms. The molecular formula is C15H17ClN6O. The molecule has 1 aliphatic carbocycles. The number of hydrogen-bond acceptors (Lipinski definition) is 6. The minimum absolute atomic E-state index is 0.307. The Balaban J connectivity index is 1.95. The van der Waals surface area contributed by atoms with Crippen LogP contribution in [0.5, 0.6) is 5.88 Å². The van der Waals surface area contributed by atoms with E-state index in [0.29, 0.717) is 22.8 Å². The van der Waals surface area contributed by atoms with Crippen LogP contribution in [0.4, 0.5) is 11.6 Å². The SMILES string of the molecule is COc1nc(Nc2cn(C(C)(C)C#N)nc2C2CC2)ncc1Cl. The number of aromatic nitrogens is 4. The number of rotatable bonds is 5. The highest BCUT2D eigenvalue weighted by Gasteiger charge is 2.32. The van der Waals surface area contributed by atoms with Gasteiger partial charge in [-0.25, -0.2) is 4.98 Å². The van der Waals surface area contributed by atoms with Crippen LogP contribution in [0.25, 0.3) is 0 Å². The van der Waals surface area contributed by atoms with Crippen LogP contribution in [-0.2, 0) is 5.54 Å². The molecule has 0 radical (unpaired) electrons. The Morgan fingerprint density at radius 1 is 1.48 bits per heavy atom. The number of ether oxygens (including phenoxy) is 1. The van der Waals surface area contributed by atoms with Crippen LogP contribution in [0.15, 0.2) is 12.4 Å². The molecule has 3 rings (SSSR count). The van der Waals surface area contributed by atoms with Gasteiger partial charge in [-0.15, -0.1) is 0 Å². The Morgan fingerprint density at radius 2 is 2.22 bits per heavy atom. The molecule has 8 heteroatoms. The fourth-order valence-corrected chi connectivity index (χ4v) is 2.32. The van der Waals surface area contributed by atoms with E-state index in [1.54, 1.807) is 4.68 Å². The van der Waals surface area contributed by atoms with Crippen molar-refractivity contribution in [3.63, 3.8) is 0 Å². The molecule has 0 unspecified atom stereocenters. The number of halogens is 1. The van der Waals surface area contributed by atoms with E-state index >= 15 is 0 Å². The number of nitriles is 1. The first-order valence-electron chi connectivity index (χ1n) is 7.29. The van der Waals surface area contributed by atoms with Crippen LogP contribution in [0.2, 0.25) is 5.02 Å². The van der Waals surface area contributed by atoms with E-state index in [2.05, 4.69) is 26.5 Å². The fraction of sp³-hybridized carbons (Fsp3) is 0.467. The van der Waals surface area contributed by atoms with E-state index < -0.39 is 5.54 Å². The maximum Gasteiger partial charge on any atom is 0.237 e. The molecule has 2 heterocycles. The topological polar surface area (TPSA) is 88.6 Å². The van der Waals surface area contributed by atoms with Crippen LogP contribution < -0.4 is 10.1 Å². The third-order valence-corrected chi connectivity index (χ3v) is 3.96. The van der Waals surface area contributed by atoms with Crippen molar-refractivity contribution < 1.29 is 4.74 Å². The van der Waals surface area contributed by atoms with Crippen LogP contribution in [0, 0.1) is 11.3 Å². The minimum Gasteiger partial charge on any atom is -0.480 e. The van der Waals surface area contributed by atoms with Gasteiger partial charge in [0.05, 0.1) is 37.0 Å². The zero-order chi connectivity index (χ0) is 16.6. The van der Waals surface area contributed by atoms with Crippen LogP contribution in [0.1, 0.15) is 38.3 Å². The first-order valence-corrected chi connectivity index (χ1v) is 7.67. The molecule has 0 amide bonds. The Labute approximate surface area is 139 Å². The van der Waals surface area contributed by atoms with Crippen LogP contribution >= 0.6 is 11.6 Å². The van der Waals surface area contributed by atoms with Crippen molar-refractivity contribution >= 4 is 23.2 Å². The van der Waals surface area contributed by atoms with Gasteiger partial charge in [0.2, 0.25) is 11.8 Å². The largest absolute Gasteiger partial charge is 0.480 e. The molecule has 1 N–H and O–H groups in total. The highest BCUT2D eigenvalue weighted by atomic mass is 35.5. The lowest BCUT2D eigenvalue weighted by molar-refractivity contribution is 0.398. The normalized spacial score (nSPS) is 14.4. The first-order chi connectivity index (χ1) is 10.9. The molecule has 120 valence electrons. The average molecular weight is 333 g/mol. The van der Waals surface area contributed by atoms with Crippen molar-refractivity contribution in [3.05, 3.63) is 23.1 Å². The van der Waals surface area contributed by atoms with Gasteiger partial charge in [-0.3, -0.25) is 4.68 Å². The Kier molecular flexibility index (Phi) is 3.86. The van der Waals surface area contributed by atoms with Gasteiger partial charge in [-0.05, 0) is 26.7 Å². The third kappa shape index (κ3) is 3.08. The lowest BCUT2D eigenvalue weighted by atomic mass is 10.1. The van der Waals surface area contributed by atoms with Gasteiger partial charge in [-0.1, -0.05) is 11.6 Å². The maximum atomic E-state index is 9.30. The molecule has 23 heavy (non-hydrogen) atoms. The van der Waals surface area contributed by atoms with E-state index in [1.165, 1.54) is 13.3 Å². The second-order valence-electron chi connectivity index (χ2n) is 5.99. The molecular weight excluding hydrogens is 316 g/mol. The molecule has 1 aliphatic rings. The zero-order valence-electron chi connectivity index (χ0n) is 13.2. The van der Waals surface area contributed by atoms with Gasteiger partial charge in [-0.2, -0.15) is 15.3 Å². The molecule has 0 saturated heterocycles. The molecule has 1 fully saturated rings. The zero-order valence-corrected chi connectivity index (χ0v) is 13.9. The lowest BCUT2D eigenvalue weighted by Crippen LogP contribution is -2.24. The van der Waals surface area contributed by atoms with E-state index in [1.807, 2.05) is 20.0 Å². The highest BCUT2D eigenvalue weighted by Crippen LogP contribution is 2.43. The van der Waals surface area contributed by atoms with Crippen molar-refractivity contribution in [3.8, 4) is 11.9 Å². The molecule has 1 saturated carbocycles. The van der Waals surface area contributed by atoms with Gasteiger partial charge in [0.15, 0.2) is 0 Å². The van der Waals surface area contributed by atoms with Crippen molar-refractivity contribution in [2.24, 2.45) is 0 Å². The van der Waals surface area contributed by atoms with Crippen molar-refractivity contribution in [2.45, 2.75) is 38.1 Å². The van der Waals surface area contributed by atoms with Gasteiger partial charge in [0.1, 0.15) is 10.6 Å². The summed E-state index contributed by atoms with van der Waals surface area (Å²) in [5.74, 6) is 1.10. The van der Waals surface area contributed by atoms with Gasteiger partial charge < -0.3 is 10.1 Å². The van der Waals surface area contributed by atoms with Gasteiger partial charge in [0.25, 0.3) is 0 Å². The van der Waals surface area contributed by atoms with E-state index in [9.17, 15) is 5.26 Å². The number of nitrogens with zero attached hydrogens (tertiary/aromatic N) is 5. The standard InChI is InChI=1S/C15H17ClN6O/c1-15(2,8-17)22-7-11(12(21-22)9-4-5-9)19-14-18-6-10(16)13(20-14)23-3/h6-7,9H,4-5H2,1-3H3,(H,18,19,20). The second-order valence-corrected chi connectivity index (χ2v) is 6.40. The Hall–Kier alpha value is -2.33. The summed E-state index contributed by atoms with van der Waals surface area (Å²) in [5, 5.41) is 17.4. The van der Waals surface area contributed by atoms with Crippen LogP contribution in [0.3, 0.4) is 0 Å². The Bertz CT molecular complexity index is 775. The number of anilines is 2. The first kappa shape index (κ1) is 15.6. The summed E-state index contributed by atoms with van der Waals surface area (Å²) in [6, 6.07) is 2.25. The van der Waals surface area contributed by atoms with E-state index in [4.69, 9.17) is 16.3 Å². The molecule has 2 aromatic heterocycles. The summed E-state index contributed by atoms with van der Waals surface area (Å²) in [6.07, 6.45) is 5.50. The third-order valence-electron chi connectivity index (χ3n) is 3.70.